The van der Waals surface area contributed by atoms with Crippen molar-refractivity contribution in [2.45, 2.75) is 56.5 Å². The zero-order valence-corrected chi connectivity index (χ0v) is 24.9. The van der Waals surface area contributed by atoms with Gasteiger partial charge in [0.15, 0.2) is 6.10 Å². The predicted molar refractivity (Wildman–Crippen MR) is 159 cm³/mol. The summed E-state index contributed by atoms with van der Waals surface area (Å²) < 4.78 is 57.2. The molecule has 4 saturated heterocycles. The Labute approximate surface area is 262 Å². The van der Waals surface area contributed by atoms with Crippen LogP contribution in [0.1, 0.15) is 40.7 Å². The summed E-state index contributed by atoms with van der Waals surface area (Å²) in [5, 5.41) is 2.86. The van der Waals surface area contributed by atoms with Gasteiger partial charge in [0.1, 0.15) is 28.9 Å². The lowest BCUT2D eigenvalue weighted by Gasteiger charge is -2.29. The molecule has 1 N–H and O–H groups in total. The quantitative estimate of drug-likeness (QED) is 0.412. The molecule has 3 amide bonds. The molecule has 10 nitrogen and oxygen atoms in total. The van der Waals surface area contributed by atoms with Crippen molar-refractivity contribution in [2.75, 3.05) is 37.7 Å². The SMILES string of the molecule is O=C1CC[C@H](N2Cc3cc(O[C@@H]4CN(Cc5cc(F)c6nc(N7C[C@H]8CCO[C@H]8C7)ccc6c5)CC4(F)F)ccc3C2=O)C(=O)N1. The lowest BCUT2D eigenvalue weighted by molar-refractivity contribution is -0.136. The summed E-state index contributed by atoms with van der Waals surface area (Å²) in [6, 6.07) is 10.6. The zero-order valence-electron chi connectivity index (χ0n) is 24.9. The number of hydrogen-bond donors (Lipinski definition) is 1. The minimum Gasteiger partial charge on any atom is -0.483 e. The fraction of sp³-hybridized carbons (Fsp3) is 0.455. The number of carbonyl (C=O) groups excluding carboxylic acids is 3. The highest BCUT2D eigenvalue weighted by Gasteiger charge is 2.50. The lowest BCUT2D eigenvalue weighted by atomic mass is 10.0. The van der Waals surface area contributed by atoms with Gasteiger partial charge in [0, 0.05) is 62.6 Å². The number of fused-ring (bicyclic) bond motifs is 3. The lowest BCUT2D eigenvalue weighted by Crippen LogP contribution is -2.52. The van der Waals surface area contributed by atoms with Crippen molar-refractivity contribution in [1.82, 2.24) is 20.1 Å². The normalized spacial score (nSPS) is 27.4. The average Bonchev–Trinajstić information content (AvgIpc) is 3.76. The molecule has 0 unspecified atom stereocenters. The van der Waals surface area contributed by atoms with Crippen LogP contribution in [0.4, 0.5) is 19.0 Å². The van der Waals surface area contributed by atoms with Gasteiger partial charge in [-0.05, 0) is 66.4 Å². The van der Waals surface area contributed by atoms with E-state index in [4.69, 9.17) is 9.47 Å². The molecule has 4 atom stereocenters. The van der Waals surface area contributed by atoms with Crippen molar-refractivity contribution in [3.8, 4) is 5.75 Å². The fourth-order valence-electron chi connectivity index (χ4n) is 7.50. The summed E-state index contributed by atoms with van der Waals surface area (Å²) in [5.74, 6) is -3.55. The molecule has 6 heterocycles. The number of benzene rings is 2. The van der Waals surface area contributed by atoms with E-state index in [1.165, 1.54) is 28.0 Å². The molecule has 0 radical (unpaired) electrons. The molecule has 5 aliphatic rings. The van der Waals surface area contributed by atoms with Gasteiger partial charge in [0.05, 0.1) is 12.6 Å². The van der Waals surface area contributed by atoms with Gasteiger partial charge in [-0.25, -0.2) is 18.2 Å². The molecule has 5 aliphatic heterocycles. The zero-order chi connectivity index (χ0) is 31.7. The third kappa shape index (κ3) is 5.15. The van der Waals surface area contributed by atoms with Crippen LogP contribution in [0, 0.1) is 11.7 Å². The van der Waals surface area contributed by atoms with Crippen molar-refractivity contribution in [1.29, 1.82) is 0 Å². The van der Waals surface area contributed by atoms with Crippen LogP contribution in [-0.2, 0) is 27.4 Å². The Morgan fingerprint density at radius 2 is 1.91 bits per heavy atom. The van der Waals surface area contributed by atoms with E-state index in [0.717, 1.165) is 26.1 Å². The first-order valence-electron chi connectivity index (χ1n) is 15.6. The van der Waals surface area contributed by atoms with Crippen LogP contribution in [0.2, 0.25) is 0 Å². The van der Waals surface area contributed by atoms with Crippen molar-refractivity contribution in [3.05, 3.63) is 65.0 Å². The van der Waals surface area contributed by atoms with Crippen LogP contribution >= 0.6 is 0 Å². The van der Waals surface area contributed by atoms with Crippen LogP contribution in [0.3, 0.4) is 0 Å². The van der Waals surface area contributed by atoms with Gasteiger partial charge < -0.3 is 19.3 Å². The number of hydrogen-bond acceptors (Lipinski definition) is 8. The van der Waals surface area contributed by atoms with E-state index >= 15 is 13.2 Å². The first-order chi connectivity index (χ1) is 22.1. The number of ether oxygens (including phenoxy) is 2. The Kier molecular flexibility index (Phi) is 6.94. The van der Waals surface area contributed by atoms with Crippen LogP contribution in [0.15, 0.2) is 42.5 Å². The Morgan fingerprint density at radius 3 is 2.74 bits per heavy atom. The maximum Gasteiger partial charge on any atom is 0.297 e. The van der Waals surface area contributed by atoms with Crippen LogP contribution in [0.5, 0.6) is 5.75 Å². The van der Waals surface area contributed by atoms with Gasteiger partial charge in [0.25, 0.3) is 11.8 Å². The van der Waals surface area contributed by atoms with Gasteiger partial charge in [0.2, 0.25) is 11.8 Å². The van der Waals surface area contributed by atoms with Gasteiger partial charge in [-0.15, -0.1) is 0 Å². The molecule has 2 aromatic carbocycles. The molecule has 4 fully saturated rings. The summed E-state index contributed by atoms with van der Waals surface area (Å²) in [5.41, 5.74) is 1.74. The molecule has 240 valence electrons. The molecular weight excluding hydrogens is 603 g/mol. The number of likely N-dealkylation sites (tertiary alicyclic amines) is 1. The molecule has 1 aromatic heterocycles. The summed E-state index contributed by atoms with van der Waals surface area (Å²) in [6.45, 7) is 1.94. The van der Waals surface area contributed by atoms with E-state index < -0.39 is 36.3 Å². The van der Waals surface area contributed by atoms with Gasteiger partial charge >= 0.3 is 0 Å². The smallest absolute Gasteiger partial charge is 0.297 e. The second-order valence-electron chi connectivity index (χ2n) is 12.9. The highest BCUT2D eigenvalue weighted by molar-refractivity contribution is 6.05. The minimum atomic E-state index is -3.17. The van der Waals surface area contributed by atoms with E-state index in [-0.39, 0.29) is 61.7 Å². The molecule has 3 aromatic rings. The van der Waals surface area contributed by atoms with Gasteiger partial charge in [-0.2, -0.15) is 0 Å². The van der Waals surface area contributed by atoms with Crippen LogP contribution < -0.4 is 15.0 Å². The van der Waals surface area contributed by atoms with Crippen molar-refractivity contribution in [3.63, 3.8) is 0 Å². The first kappa shape index (κ1) is 29.2. The van der Waals surface area contributed by atoms with Crippen molar-refractivity contribution < 1.29 is 37.0 Å². The number of piperidine rings is 1. The van der Waals surface area contributed by atoms with Crippen LogP contribution in [0.25, 0.3) is 10.9 Å². The number of amides is 3. The van der Waals surface area contributed by atoms with E-state index in [9.17, 15) is 14.4 Å². The van der Waals surface area contributed by atoms with Gasteiger partial charge in [-0.3, -0.25) is 24.6 Å². The number of rotatable bonds is 6. The summed E-state index contributed by atoms with van der Waals surface area (Å²) in [6.07, 6.45) is 0.127. The van der Waals surface area contributed by atoms with Crippen LogP contribution in [-0.4, -0.2) is 89.5 Å². The molecule has 0 saturated carbocycles. The molecule has 0 bridgehead atoms. The van der Waals surface area contributed by atoms with E-state index in [0.29, 0.717) is 33.8 Å². The predicted octanol–water partition coefficient (Wildman–Crippen LogP) is 3.26. The van der Waals surface area contributed by atoms with Gasteiger partial charge in [-0.1, -0.05) is 0 Å². The number of imide groups is 1. The number of pyridine rings is 1. The number of halogens is 3. The minimum absolute atomic E-state index is 0.0817. The molecule has 0 spiro atoms. The molecular formula is C33H32F3N5O5. The second-order valence-corrected chi connectivity index (χ2v) is 12.9. The number of carbonyl (C=O) groups is 3. The Balaban J connectivity index is 0.933. The largest absolute Gasteiger partial charge is 0.483 e. The second kappa shape index (κ2) is 10.9. The number of aromatic nitrogens is 1. The Hall–Kier alpha value is -4.23. The van der Waals surface area contributed by atoms with E-state index in [1.807, 2.05) is 12.1 Å². The number of alkyl halides is 2. The number of nitrogens with zero attached hydrogens (tertiary/aromatic N) is 4. The highest BCUT2D eigenvalue weighted by Crippen LogP contribution is 2.36. The van der Waals surface area contributed by atoms with Crippen molar-refractivity contribution in [2.24, 2.45) is 5.92 Å². The number of anilines is 1. The fourth-order valence-corrected chi connectivity index (χ4v) is 7.50. The number of nitrogens with one attached hydrogen (secondary N) is 1. The maximum atomic E-state index is 15.3. The Bertz CT molecular complexity index is 1760. The highest BCUT2D eigenvalue weighted by atomic mass is 19.3. The first-order valence-corrected chi connectivity index (χ1v) is 15.6. The molecule has 13 heteroatoms. The summed E-state index contributed by atoms with van der Waals surface area (Å²) >= 11 is 0. The average molecular weight is 636 g/mol. The third-order valence-electron chi connectivity index (χ3n) is 9.83. The third-order valence-corrected chi connectivity index (χ3v) is 9.83. The standard InChI is InChI=1S/C33H32F3N5O5/c34-24-10-18(9-19-1-5-28(37-30(19)24)40-13-20-7-8-45-26(20)15-40)12-39-16-27(33(35,36)17-39)46-22-2-3-23-21(11-22)14-41(32(23)44)25-4-6-29(42)38-31(25)43/h1-3,5,9-11,20,25-27H,4,6-8,12-17H2,(H,38,42,43)/t20-,25+,26+,27-/m1/s1. The Morgan fingerprint density at radius 1 is 1.04 bits per heavy atom. The summed E-state index contributed by atoms with van der Waals surface area (Å²) in [7, 11) is 0. The summed E-state index contributed by atoms with van der Waals surface area (Å²) in [4.78, 5) is 46.5. The molecule has 46 heavy (non-hydrogen) atoms. The van der Waals surface area contributed by atoms with Crippen molar-refractivity contribution >= 4 is 34.4 Å². The monoisotopic (exact) mass is 635 g/mol. The topological polar surface area (TPSA) is 104 Å². The molecule has 8 rings (SSSR count). The molecule has 0 aliphatic carbocycles. The van der Waals surface area contributed by atoms with E-state index in [2.05, 4.69) is 15.2 Å². The maximum absolute atomic E-state index is 15.3. The van der Waals surface area contributed by atoms with E-state index in [1.54, 1.807) is 12.1 Å².